The van der Waals surface area contributed by atoms with Gasteiger partial charge >= 0.3 is 90.1 Å². The molecule has 0 saturated carbocycles. The van der Waals surface area contributed by atoms with Gasteiger partial charge in [0.05, 0.1) is 0 Å². The average molecular weight is 132 g/mol. The van der Waals surface area contributed by atoms with Gasteiger partial charge in [-0.15, -0.1) is 0 Å². The Morgan fingerprint density at radius 2 is 1.50 bits per heavy atom. The van der Waals surface area contributed by atoms with Crippen LogP contribution in [0.1, 0.15) is 5.71 Å². The number of nitriles is 1. The van der Waals surface area contributed by atoms with Gasteiger partial charge in [-0.05, 0) is 0 Å². The maximum absolute atomic E-state index is 7.18. The van der Waals surface area contributed by atoms with Gasteiger partial charge in [0.25, 0.3) is 0 Å². The smallest absolute Gasteiger partial charge is 1.00 e. The molecule has 0 amide bonds. The van der Waals surface area contributed by atoms with Gasteiger partial charge in [0, 0.05) is 0 Å². The van der Waals surface area contributed by atoms with E-state index >= 15 is 0 Å². The van der Waals surface area contributed by atoms with Crippen molar-refractivity contribution in [1.82, 2.24) is 0 Å². The van der Waals surface area contributed by atoms with Crippen molar-refractivity contribution in [2.75, 3.05) is 0 Å². The van der Waals surface area contributed by atoms with E-state index in [1.165, 1.54) is 5.40 Å². The fourth-order valence-corrected chi connectivity index (χ4v) is 0. The van der Waals surface area contributed by atoms with Gasteiger partial charge in [0.2, 0.25) is 0 Å². The van der Waals surface area contributed by atoms with E-state index < -0.39 is 0 Å². The van der Waals surface area contributed by atoms with Crippen molar-refractivity contribution in [3.63, 3.8) is 0 Å². The number of rotatable bonds is 0. The van der Waals surface area contributed by atoms with E-state index in [-0.39, 0.29) is 94.4 Å². The number of nitrogens with zero attached hydrogens (tertiary/aromatic N) is 1. The van der Waals surface area contributed by atoms with Crippen LogP contribution in [0.25, 0.3) is 0 Å². The van der Waals surface area contributed by atoms with E-state index in [0.29, 0.717) is 0 Å². The Kier molecular flexibility index (Phi) is 96.2. The standard InChI is InChI=1S/CHNS.3Na.3H/c2-1-3;;;;;;/h3H;;;;;;/q;3*+1;3*-1/p+1. The van der Waals surface area contributed by atoms with Gasteiger partial charge in [-0.3, -0.25) is 0 Å². The molecule has 0 aromatic heterocycles. The Labute approximate surface area is 115 Å². The molecule has 6 heavy (non-hydrogen) atoms. The number of thiocyanates is 1. The molecule has 0 heterocycles. The van der Waals surface area contributed by atoms with Crippen molar-refractivity contribution in [1.29, 1.82) is 5.26 Å². The van der Waals surface area contributed by atoms with E-state index in [1.54, 1.807) is 0 Å². The normalized spacial score (nSPS) is 1.33. The Bertz CT molecular complexity index is 42.0. The molecular formula is CH5NNa3S+. The number of hydrogen-bond acceptors (Lipinski definition) is 2. The van der Waals surface area contributed by atoms with Crippen molar-refractivity contribution < 1.29 is 94.4 Å². The first-order valence-electron chi connectivity index (χ1n) is 0.447. The summed E-state index contributed by atoms with van der Waals surface area (Å²) in [7, 11) is 0. The topological polar surface area (TPSA) is 23.8 Å². The second-order valence-corrected chi connectivity index (χ2v) is 0.300. The molecule has 0 aromatic rings. The molecule has 1 nitrogen and oxygen atoms in total. The largest absolute Gasteiger partial charge is 1.00 e. The molecule has 0 aliphatic heterocycles. The predicted molar refractivity (Wildman–Crippen MR) is 19.0 cm³/mol. The van der Waals surface area contributed by atoms with Crippen LogP contribution in [0.4, 0.5) is 0 Å². The van der Waals surface area contributed by atoms with Gasteiger partial charge in [-0.1, -0.05) is 12.6 Å². The first-order chi connectivity index (χ1) is 1.41. The summed E-state index contributed by atoms with van der Waals surface area (Å²) in [6.07, 6.45) is 0. The van der Waals surface area contributed by atoms with Crippen LogP contribution in [-0.2, 0) is 0 Å². The van der Waals surface area contributed by atoms with E-state index in [2.05, 4.69) is 12.6 Å². The SMILES string of the molecule is N#CS.[H+].[H-].[H-].[H-].[Na+].[Na+].[Na+]. The molecule has 22 valence electrons. The Hall–Kier alpha value is 2.84. The molecule has 0 aliphatic carbocycles. The first kappa shape index (κ1) is 23.2. The molecule has 0 fully saturated rings. The fraction of sp³-hybridized carbons (Fsp3) is 0. The molecule has 0 aliphatic rings. The zero-order valence-electron chi connectivity index (χ0n) is 8.39. The summed E-state index contributed by atoms with van der Waals surface area (Å²) in [4.78, 5) is 0. The van der Waals surface area contributed by atoms with Crippen molar-refractivity contribution in [3.05, 3.63) is 0 Å². The molecule has 5 heteroatoms. The van der Waals surface area contributed by atoms with Crippen LogP contribution >= 0.6 is 12.6 Å². The van der Waals surface area contributed by atoms with Crippen LogP contribution in [0, 0.1) is 10.7 Å². The van der Waals surface area contributed by atoms with Gasteiger partial charge in [-0.25, -0.2) is 0 Å². The molecule has 0 radical (unpaired) electrons. The summed E-state index contributed by atoms with van der Waals surface area (Å²) in [6, 6.07) is 0. The van der Waals surface area contributed by atoms with Gasteiger partial charge in [-0.2, -0.15) is 5.26 Å². The minimum atomic E-state index is 0. The summed E-state index contributed by atoms with van der Waals surface area (Å²) in [5, 5.41) is 8.63. The second kappa shape index (κ2) is 24.9. The van der Waals surface area contributed by atoms with Gasteiger partial charge in [0.1, 0.15) is 5.40 Å². The molecule has 0 bridgehead atoms. The van der Waals surface area contributed by atoms with E-state index in [1.807, 2.05) is 0 Å². The molecule has 0 saturated heterocycles. The van der Waals surface area contributed by atoms with Crippen LogP contribution in [0.2, 0.25) is 0 Å². The second-order valence-electron chi connectivity index (χ2n) is 0.100. The van der Waals surface area contributed by atoms with E-state index in [4.69, 9.17) is 5.26 Å². The zero-order valence-corrected chi connectivity index (χ0v) is 11.3. The Balaban J connectivity index is -0.000000000952. The van der Waals surface area contributed by atoms with Crippen LogP contribution in [0.3, 0.4) is 0 Å². The Morgan fingerprint density at radius 3 is 1.50 bits per heavy atom. The van der Waals surface area contributed by atoms with Crippen LogP contribution in [-0.4, -0.2) is 0 Å². The quantitative estimate of drug-likeness (QED) is 0.197. The molecular weight excluding hydrogens is 127 g/mol. The molecule has 0 atom stereocenters. The third kappa shape index (κ3) is 28.9. The maximum Gasteiger partial charge on any atom is 1.00 e. The Morgan fingerprint density at radius 1 is 1.50 bits per heavy atom. The third-order valence-electron chi connectivity index (χ3n) is 0. The summed E-state index contributed by atoms with van der Waals surface area (Å²) >= 11 is 3.09. The summed E-state index contributed by atoms with van der Waals surface area (Å²) in [5.41, 5.74) is 0. The van der Waals surface area contributed by atoms with Gasteiger partial charge in [0.15, 0.2) is 0 Å². The molecule has 0 spiro atoms. The van der Waals surface area contributed by atoms with Crippen LogP contribution < -0.4 is 88.7 Å². The fourth-order valence-electron chi connectivity index (χ4n) is 0. The molecule has 0 aromatic carbocycles. The summed E-state index contributed by atoms with van der Waals surface area (Å²) in [5.74, 6) is 0. The number of thiol groups is 1. The van der Waals surface area contributed by atoms with Crippen molar-refractivity contribution >= 4 is 12.6 Å². The van der Waals surface area contributed by atoms with E-state index in [0.717, 1.165) is 0 Å². The monoisotopic (exact) mass is 132 g/mol. The van der Waals surface area contributed by atoms with Crippen LogP contribution in [0.5, 0.6) is 0 Å². The minimum absolute atomic E-state index is 0. The van der Waals surface area contributed by atoms with Crippen LogP contribution in [0.15, 0.2) is 0 Å². The molecule has 0 rings (SSSR count). The minimum Gasteiger partial charge on any atom is -1.00 e. The van der Waals surface area contributed by atoms with Crippen molar-refractivity contribution in [2.45, 2.75) is 0 Å². The van der Waals surface area contributed by atoms with Crippen molar-refractivity contribution in [3.8, 4) is 5.40 Å². The van der Waals surface area contributed by atoms with E-state index in [9.17, 15) is 0 Å². The summed E-state index contributed by atoms with van der Waals surface area (Å²) in [6.45, 7) is 0. The molecule has 0 N–H and O–H groups in total. The maximum atomic E-state index is 7.18. The molecule has 0 unspecified atom stereocenters. The van der Waals surface area contributed by atoms with Crippen molar-refractivity contribution in [2.24, 2.45) is 0 Å². The summed E-state index contributed by atoms with van der Waals surface area (Å²) < 4.78 is 0. The predicted octanol–water partition coefficient (Wildman–Crippen LogP) is -8.14. The average Bonchev–Trinajstić information content (AvgIpc) is 0.918. The zero-order chi connectivity index (χ0) is 2.71. The third-order valence-corrected chi connectivity index (χ3v) is 0. The number of hydrogen-bond donors (Lipinski definition) is 1. The van der Waals surface area contributed by atoms with Gasteiger partial charge < -0.3 is 4.28 Å². The first-order valence-corrected chi connectivity index (χ1v) is 0.894.